The molecule has 2 rings (SSSR count). The minimum Gasteiger partial charge on any atom is -0.310 e. The molecule has 0 amide bonds. The minimum absolute atomic E-state index is 0.727. The fraction of sp³-hybridized carbons (Fsp3) is 0.625. The smallest absolute Gasteiger partial charge is 0.0208 e. The zero-order valence-electron chi connectivity index (χ0n) is 11.4. The summed E-state index contributed by atoms with van der Waals surface area (Å²) in [6, 6.07) is 7.53. The second-order valence-corrected chi connectivity index (χ2v) is 5.67. The fourth-order valence-corrected chi connectivity index (χ4v) is 2.78. The lowest BCUT2D eigenvalue weighted by Crippen LogP contribution is -2.36. The average molecular weight is 231 g/mol. The van der Waals surface area contributed by atoms with Gasteiger partial charge in [-0.05, 0) is 49.3 Å². The standard InChI is InChI=1S/C16H25N/c1-12-8-9-15(10-14(12)3)11-17-16-7-5-4-6-13(16)2/h8-10,13,16-17H,4-7,11H2,1-3H3. The largest absolute Gasteiger partial charge is 0.310 e. The van der Waals surface area contributed by atoms with Crippen molar-refractivity contribution in [1.29, 1.82) is 0 Å². The van der Waals surface area contributed by atoms with Crippen LogP contribution in [0, 0.1) is 19.8 Å². The van der Waals surface area contributed by atoms with Gasteiger partial charge in [0.15, 0.2) is 0 Å². The van der Waals surface area contributed by atoms with Crippen molar-refractivity contribution in [1.82, 2.24) is 5.32 Å². The highest BCUT2D eigenvalue weighted by Gasteiger charge is 2.20. The number of rotatable bonds is 3. The normalized spacial score (nSPS) is 24.9. The van der Waals surface area contributed by atoms with Gasteiger partial charge in [0, 0.05) is 12.6 Å². The lowest BCUT2D eigenvalue weighted by Gasteiger charge is -2.29. The van der Waals surface area contributed by atoms with Crippen LogP contribution in [0.25, 0.3) is 0 Å². The van der Waals surface area contributed by atoms with Gasteiger partial charge < -0.3 is 5.32 Å². The molecule has 1 fully saturated rings. The van der Waals surface area contributed by atoms with Crippen LogP contribution in [0.1, 0.15) is 49.3 Å². The highest BCUT2D eigenvalue weighted by molar-refractivity contribution is 5.29. The van der Waals surface area contributed by atoms with Crippen LogP contribution in [0.4, 0.5) is 0 Å². The van der Waals surface area contributed by atoms with Crippen LogP contribution in [-0.4, -0.2) is 6.04 Å². The quantitative estimate of drug-likeness (QED) is 0.830. The van der Waals surface area contributed by atoms with E-state index in [-0.39, 0.29) is 0 Å². The van der Waals surface area contributed by atoms with Gasteiger partial charge in [0.1, 0.15) is 0 Å². The van der Waals surface area contributed by atoms with Crippen LogP contribution in [0.15, 0.2) is 18.2 Å². The molecule has 1 aliphatic rings. The van der Waals surface area contributed by atoms with Gasteiger partial charge in [-0.3, -0.25) is 0 Å². The first kappa shape index (κ1) is 12.6. The highest BCUT2D eigenvalue weighted by Crippen LogP contribution is 2.24. The van der Waals surface area contributed by atoms with Crippen LogP contribution < -0.4 is 5.32 Å². The molecule has 0 bridgehead atoms. The molecule has 17 heavy (non-hydrogen) atoms. The first-order valence-corrected chi connectivity index (χ1v) is 6.96. The maximum atomic E-state index is 3.73. The van der Waals surface area contributed by atoms with Crippen molar-refractivity contribution < 1.29 is 0 Å². The Balaban J connectivity index is 1.90. The van der Waals surface area contributed by atoms with Gasteiger partial charge in [0.25, 0.3) is 0 Å². The molecule has 1 N–H and O–H groups in total. The van der Waals surface area contributed by atoms with Crippen molar-refractivity contribution >= 4 is 0 Å². The summed E-state index contributed by atoms with van der Waals surface area (Å²) in [5.74, 6) is 0.843. The summed E-state index contributed by atoms with van der Waals surface area (Å²) in [6.07, 6.45) is 5.56. The monoisotopic (exact) mass is 231 g/mol. The van der Waals surface area contributed by atoms with Gasteiger partial charge in [-0.2, -0.15) is 0 Å². The van der Waals surface area contributed by atoms with Crippen LogP contribution in [0.5, 0.6) is 0 Å². The summed E-state index contributed by atoms with van der Waals surface area (Å²) in [5.41, 5.74) is 4.21. The second-order valence-electron chi connectivity index (χ2n) is 5.67. The van der Waals surface area contributed by atoms with E-state index in [1.165, 1.54) is 42.4 Å². The number of benzene rings is 1. The van der Waals surface area contributed by atoms with E-state index in [2.05, 4.69) is 44.3 Å². The molecule has 0 aromatic heterocycles. The molecule has 0 heterocycles. The summed E-state index contributed by atoms with van der Waals surface area (Å²) in [6.45, 7) is 7.78. The third kappa shape index (κ3) is 3.32. The van der Waals surface area contributed by atoms with Gasteiger partial charge in [-0.25, -0.2) is 0 Å². The summed E-state index contributed by atoms with van der Waals surface area (Å²) in [7, 11) is 0. The Bertz CT molecular complexity index is 370. The van der Waals surface area contributed by atoms with Gasteiger partial charge in [0.05, 0.1) is 0 Å². The van der Waals surface area contributed by atoms with Gasteiger partial charge in [-0.15, -0.1) is 0 Å². The van der Waals surface area contributed by atoms with E-state index < -0.39 is 0 Å². The molecule has 1 saturated carbocycles. The Labute approximate surface area is 106 Å². The van der Waals surface area contributed by atoms with Crippen LogP contribution in [-0.2, 0) is 6.54 Å². The average Bonchev–Trinajstić information content (AvgIpc) is 2.32. The summed E-state index contributed by atoms with van der Waals surface area (Å²) in [4.78, 5) is 0. The first-order chi connectivity index (χ1) is 8.16. The number of hydrogen-bond acceptors (Lipinski definition) is 1. The topological polar surface area (TPSA) is 12.0 Å². The zero-order valence-corrected chi connectivity index (χ0v) is 11.4. The van der Waals surface area contributed by atoms with E-state index in [1.807, 2.05) is 0 Å². The molecule has 2 atom stereocenters. The highest BCUT2D eigenvalue weighted by atomic mass is 14.9. The van der Waals surface area contributed by atoms with Crippen molar-refractivity contribution in [2.45, 2.75) is 59.0 Å². The van der Waals surface area contributed by atoms with Crippen molar-refractivity contribution in [2.24, 2.45) is 5.92 Å². The van der Waals surface area contributed by atoms with E-state index in [1.54, 1.807) is 0 Å². The van der Waals surface area contributed by atoms with Gasteiger partial charge in [-0.1, -0.05) is 38.0 Å². The van der Waals surface area contributed by atoms with Gasteiger partial charge in [0.2, 0.25) is 0 Å². The molecule has 94 valence electrons. The van der Waals surface area contributed by atoms with Crippen LogP contribution in [0.3, 0.4) is 0 Å². The molecule has 2 unspecified atom stereocenters. The van der Waals surface area contributed by atoms with E-state index in [0.29, 0.717) is 0 Å². The van der Waals surface area contributed by atoms with E-state index in [0.717, 1.165) is 18.5 Å². The zero-order chi connectivity index (χ0) is 12.3. The molecule has 1 aromatic rings. The molecule has 1 aliphatic carbocycles. The fourth-order valence-electron chi connectivity index (χ4n) is 2.78. The van der Waals surface area contributed by atoms with Gasteiger partial charge >= 0.3 is 0 Å². The summed E-state index contributed by atoms with van der Waals surface area (Å²) < 4.78 is 0. The lowest BCUT2D eigenvalue weighted by atomic mass is 9.86. The third-order valence-electron chi connectivity index (χ3n) is 4.25. The minimum atomic E-state index is 0.727. The molecule has 0 saturated heterocycles. The van der Waals surface area contributed by atoms with Crippen molar-refractivity contribution in [3.05, 3.63) is 34.9 Å². The third-order valence-corrected chi connectivity index (χ3v) is 4.25. The Hall–Kier alpha value is -0.820. The molecule has 1 aromatic carbocycles. The molecule has 0 radical (unpaired) electrons. The SMILES string of the molecule is Cc1ccc(CNC2CCCCC2C)cc1C. The number of nitrogens with one attached hydrogen (secondary N) is 1. The van der Waals surface area contributed by atoms with Crippen molar-refractivity contribution in [3.8, 4) is 0 Å². The van der Waals surface area contributed by atoms with Crippen LogP contribution in [0.2, 0.25) is 0 Å². The predicted octanol–water partition coefficient (Wildman–Crippen LogP) is 3.97. The summed E-state index contributed by atoms with van der Waals surface area (Å²) in [5, 5.41) is 3.73. The molecule has 0 aliphatic heterocycles. The van der Waals surface area contributed by atoms with Crippen molar-refractivity contribution in [3.63, 3.8) is 0 Å². The Morgan fingerprint density at radius 2 is 1.88 bits per heavy atom. The summed E-state index contributed by atoms with van der Waals surface area (Å²) >= 11 is 0. The van der Waals surface area contributed by atoms with E-state index in [9.17, 15) is 0 Å². The number of hydrogen-bond donors (Lipinski definition) is 1. The molecule has 1 heteroatoms. The second kappa shape index (κ2) is 5.68. The Kier molecular flexibility index (Phi) is 4.22. The molecular weight excluding hydrogens is 206 g/mol. The maximum Gasteiger partial charge on any atom is 0.0208 e. The number of aryl methyl sites for hydroxylation is 2. The van der Waals surface area contributed by atoms with E-state index in [4.69, 9.17) is 0 Å². The van der Waals surface area contributed by atoms with Crippen molar-refractivity contribution in [2.75, 3.05) is 0 Å². The molecular formula is C16H25N. The van der Waals surface area contributed by atoms with Crippen LogP contribution >= 0.6 is 0 Å². The predicted molar refractivity (Wildman–Crippen MR) is 74.2 cm³/mol. The Morgan fingerprint density at radius 1 is 1.12 bits per heavy atom. The maximum absolute atomic E-state index is 3.73. The Morgan fingerprint density at radius 3 is 2.59 bits per heavy atom. The first-order valence-electron chi connectivity index (χ1n) is 6.96. The van der Waals surface area contributed by atoms with E-state index >= 15 is 0 Å². The molecule has 0 spiro atoms. The lowest BCUT2D eigenvalue weighted by molar-refractivity contribution is 0.279. The molecule has 1 nitrogen and oxygen atoms in total.